The number of likely N-dealkylation sites (tertiary alicyclic amines) is 1. The molecule has 0 atom stereocenters. The molecule has 2 aliphatic heterocycles. The van der Waals surface area contributed by atoms with Gasteiger partial charge >= 0.3 is 13.2 Å². The number of hydrogen-bond donors (Lipinski definition) is 0. The average Bonchev–Trinajstić information content (AvgIpc) is 2.89. The fourth-order valence-electron chi connectivity index (χ4n) is 3.93. The topological polar surface area (TPSA) is 71.8 Å². The number of hydrogen-bond acceptors (Lipinski definition) is 5. The summed E-state index contributed by atoms with van der Waals surface area (Å²) in [6, 6.07) is 10.7. The molecule has 0 unspecified atom stereocenters. The van der Waals surface area contributed by atoms with E-state index in [1.54, 1.807) is 4.90 Å². The van der Waals surface area contributed by atoms with Crippen molar-refractivity contribution in [2.45, 2.75) is 84.5 Å². The highest BCUT2D eigenvalue weighted by Gasteiger charge is 2.51. The Balaban J connectivity index is 1.62. The minimum absolute atomic E-state index is 0.300. The molecule has 3 rings (SSSR count). The summed E-state index contributed by atoms with van der Waals surface area (Å²) in [7, 11) is -0.388. The molecule has 0 saturated carbocycles. The fourth-order valence-corrected chi connectivity index (χ4v) is 3.93. The summed E-state index contributed by atoms with van der Waals surface area (Å²) < 4.78 is 17.7. The number of nitriles is 1. The van der Waals surface area contributed by atoms with E-state index in [4.69, 9.17) is 14.0 Å². The van der Waals surface area contributed by atoms with Gasteiger partial charge in [-0.2, -0.15) is 5.26 Å². The molecule has 2 heterocycles. The number of carbonyl (C=O) groups excluding carboxylic acids is 1. The summed E-state index contributed by atoms with van der Waals surface area (Å²) in [5.74, 6) is 0. The molecule has 1 amide bonds. The van der Waals surface area contributed by atoms with Crippen molar-refractivity contribution >= 4 is 18.7 Å². The minimum Gasteiger partial charge on any atom is -0.444 e. The van der Waals surface area contributed by atoms with Gasteiger partial charge in [-0.05, 0) is 78.8 Å². The monoisotopic (exact) mass is 426 g/mol. The van der Waals surface area contributed by atoms with Gasteiger partial charge in [-0.15, -0.1) is 0 Å². The van der Waals surface area contributed by atoms with Crippen LogP contribution in [0.5, 0.6) is 0 Å². The Hall–Kier alpha value is -2.04. The van der Waals surface area contributed by atoms with E-state index in [0.717, 1.165) is 11.0 Å². The highest BCUT2D eigenvalue weighted by Crippen LogP contribution is 2.37. The van der Waals surface area contributed by atoms with Crippen LogP contribution in [-0.2, 0) is 20.5 Å². The molecule has 1 aromatic rings. The van der Waals surface area contributed by atoms with Gasteiger partial charge < -0.3 is 18.9 Å². The second-order valence-electron chi connectivity index (χ2n) is 10.9. The van der Waals surface area contributed by atoms with E-state index in [1.165, 1.54) is 0 Å². The summed E-state index contributed by atoms with van der Waals surface area (Å²) >= 11 is 0. The third-order valence-electron chi connectivity index (χ3n) is 6.66. The summed E-state index contributed by atoms with van der Waals surface area (Å²) in [6.45, 7) is 14.8. The van der Waals surface area contributed by atoms with Gasteiger partial charge in [0.05, 0.1) is 22.7 Å². The Morgan fingerprint density at radius 1 is 1.10 bits per heavy atom. The standard InChI is InChI=1S/C24H35BN2O4/c1-21(2,3)29-20(28)27-14-12-24(17-26,13-15-27)16-18-8-10-19(11-9-18)25-30-22(4,5)23(6,7)31-25/h8-11H,12-16H2,1-7H3. The van der Waals surface area contributed by atoms with Gasteiger partial charge in [-0.25, -0.2) is 4.79 Å². The molecule has 168 valence electrons. The lowest BCUT2D eigenvalue weighted by molar-refractivity contribution is 0.00578. The Bertz CT molecular complexity index is 828. The number of benzene rings is 1. The number of piperidine rings is 1. The zero-order chi connectivity index (χ0) is 23.1. The van der Waals surface area contributed by atoms with E-state index in [0.29, 0.717) is 32.4 Å². The van der Waals surface area contributed by atoms with Gasteiger partial charge in [-0.3, -0.25) is 0 Å². The highest BCUT2D eigenvalue weighted by molar-refractivity contribution is 6.62. The summed E-state index contributed by atoms with van der Waals surface area (Å²) in [5, 5.41) is 9.93. The lowest BCUT2D eigenvalue weighted by atomic mass is 9.74. The first-order valence-electron chi connectivity index (χ1n) is 11.1. The first-order valence-corrected chi connectivity index (χ1v) is 11.1. The number of rotatable bonds is 3. The van der Waals surface area contributed by atoms with Crippen LogP contribution >= 0.6 is 0 Å². The third kappa shape index (κ3) is 5.24. The van der Waals surface area contributed by atoms with E-state index in [1.807, 2.05) is 60.6 Å². The van der Waals surface area contributed by atoms with Crippen molar-refractivity contribution in [2.24, 2.45) is 5.41 Å². The molecule has 0 bridgehead atoms. The van der Waals surface area contributed by atoms with Crippen molar-refractivity contribution in [1.29, 1.82) is 5.26 Å². The largest absolute Gasteiger partial charge is 0.494 e. The Morgan fingerprint density at radius 3 is 2.06 bits per heavy atom. The third-order valence-corrected chi connectivity index (χ3v) is 6.66. The SMILES string of the molecule is CC(C)(C)OC(=O)N1CCC(C#N)(Cc2ccc(B3OC(C)(C)C(C)(C)O3)cc2)CC1. The number of nitrogens with zero attached hydrogens (tertiary/aromatic N) is 2. The zero-order valence-electron chi connectivity index (χ0n) is 19.9. The van der Waals surface area contributed by atoms with Crippen LogP contribution in [0.3, 0.4) is 0 Å². The molecule has 0 N–H and O–H groups in total. The van der Waals surface area contributed by atoms with Crippen LogP contribution in [0.2, 0.25) is 0 Å². The second-order valence-corrected chi connectivity index (χ2v) is 10.9. The lowest BCUT2D eigenvalue weighted by Gasteiger charge is -2.38. The lowest BCUT2D eigenvalue weighted by Crippen LogP contribution is -2.45. The number of amides is 1. The minimum atomic E-state index is -0.514. The van der Waals surface area contributed by atoms with Crippen molar-refractivity contribution in [3.63, 3.8) is 0 Å². The first kappa shape index (κ1) is 23.6. The second kappa shape index (κ2) is 8.14. The molecule has 1 aromatic carbocycles. The molecule has 2 aliphatic rings. The normalized spacial score (nSPS) is 22.1. The molecule has 2 saturated heterocycles. The van der Waals surface area contributed by atoms with Gasteiger partial charge in [0.1, 0.15) is 5.60 Å². The van der Waals surface area contributed by atoms with E-state index >= 15 is 0 Å². The van der Waals surface area contributed by atoms with Crippen LogP contribution in [0.4, 0.5) is 4.79 Å². The van der Waals surface area contributed by atoms with E-state index in [9.17, 15) is 10.1 Å². The quantitative estimate of drug-likeness (QED) is 0.682. The van der Waals surface area contributed by atoms with E-state index in [-0.39, 0.29) is 24.4 Å². The number of carbonyl (C=O) groups is 1. The molecule has 7 heteroatoms. The Labute approximate surface area is 187 Å². The zero-order valence-corrected chi connectivity index (χ0v) is 19.9. The van der Waals surface area contributed by atoms with E-state index in [2.05, 4.69) is 18.2 Å². The Morgan fingerprint density at radius 2 is 1.61 bits per heavy atom. The van der Waals surface area contributed by atoms with E-state index < -0.39 is 11.0 Å². The average molecular weight is 426 g/mol. The summed E-state index contributed by atoms with van der Waals surface area (Å²) in [4.78, 5) is 14.0. The van der Waals surface area contributed by atoms with Crippen LogP contribution in [-0.4, -0.2) is 48.0 Å². The highest BCUT2D eigenvalue weighted by atomic mass is 16.7. The van der Waals surface area contributed by atoms with Gasteiger partial charge in [0.25, 0.3) is 0 Å². The maximum absolute atomic E-state index is 12.3. The van der Waals surface area contributed by atoms with Crippen molar-refractivity contribution in [3.8, 4) is 6.07 Å². The Kier molecular flexibility index (Phi) is 6.21. The smallest absolute Gasteiger partial charge is 0.444 e. The molecule has 6 nitrogen and oxygen atoms in total. The predicted octanol–water partition coefficient (Wildman–Crippen LogP) is 4.07. The maximum atomic E-state index is 12.3. The van der Waals surface area contributed by atoms with Gasteiger partial charge in [0.15, 0.2) is 0 Å². The predicted molar refractivity (Wildman–Crippen MR) is 121 cm³/mol. The van der Waals surface area contributed by atoms with Crippen LogP contribution < -0.4 is 5.46 Å². The molecule has 0 aromatic heterocycles. The van der Waals surface area contributed by atoms with Gasteiger partial charge in [0, 0.05) is 13.1 Å². The van der Waals surface area contributed by atoms with Crippen LogP contribution in [0.25, 0.3) is 0 Å². The molecular weight excluding hydrogens is 391 g/mol. The molecule has 0 spiro atoms. The molecule has 2 fully saturated rings. The first-order chi connectivity index (χ1) is 14.3. The van der Waals surface area contributed by atoms with Crippen LogP contribution in [0.1, 0.15) is 66.9 Å². The van der Waals surface area contributed by atoms with Crippen LogP contribution in [0.15, 0.2) is 24.3 Å². The van der Waals surface area contributed by atoms with Crippen molar-refractivity contribution in [1.82, 2.24) is 4.90 Å². The van der Waals surface area contributed by atoms with Crippen molar-refractivity contribution in [3.05, 3.63) is 29.8 Å². The maximum Gasteiger partial charge on any atom is 0.494 e. The molecule has 0 aliphatic carbocycles. The van der Waals surface area contributed by atoms with Crippen molar-refractivity contribution < 1.29 is 18.8 Å². The summed E-state index contributed by atoms with van der Waals surface area (Å²) in [5.41, 5.74) is 0.359. The molecule has 31 heavy (non-hydrogen) atoms. The van der Waals surface area contributed by atoms with Gasteiger partial charge in [0.2, 0.25) is 0 Å². The molecular formula is C24H35BN2O4. The van der Waals surface area contributed by atoms with Crippen molar-refractivity contribution in [2.75, 3.05) is 13.1 Å². The fraction of sp³-hybridized carbons (Fsp3) is 0.667. The van der Waals surface area contributed by atoms with Gasteiger partial charge in [-0.1, -0.05) is 24.3 Å². The van der Waals surface area contributed by atoms with Crippen LogP contribution in [0, 0.1) is 16.7 Å². The molecule has 0 radical (unpaired) electrons. The summed E-state index contributed by atoms with van der Waals surface area (Å²) in [6.07, 6.45) is 1.64. The number of ether oxygens (including phenoxy) is 1.